The molecule has 0 saturated carbocycles. The molecule has 0 atom stereocenters. The van der Waals surface area contributed by atoms with Crippen molar-refractivity contribution < 1.29 is 14.4 Å². The van der Waals surface area contributed by atoms with Gasteiger partial charge in [0.05, 0.1) is 41.8 Å². The first-order valence-corrected chi connectivity index (χ1v) is 7.61. The zero-order valence-corrected chi connectivity index (χ0v) is 14.1. The largest absolute Gasteiger partial charge is 0.493 e. The summed E-state index contributed by atoms with van der Waals surface area (Å²) >= 11 is 0. The van der Waals surface area contributed by atoms with Crippen LogP contribution >= 0.6 is 0 Å². The van der Waals surface area contributed by atoms with Crippen LogP contribution in [0.1, 0.15) is 11.3 Å². The summed E-state index contributed by atoms with van der Waals surface area (Å²) < 4.78 is 10.3. The number of H-pyrrole nitrogens is 1. The van der Waals surface area contributed by atoms with Gasteiger partial charge >= 0.3 is 0 Å². The van der Waals surface area contributed by atoms with Gasteiger partial charge in [0.2, 0.25) is 0 Å². The Balaban J connectivity index is 2.09. The van der Waals surface area contributed by atoms with Crippen LogP contribution in [0, 0.1) is 10.1 Å². The Hall–Kier alpha value is -3.68. The van der Waals surface area contributed by atoms with Crippen molar-refractivity contribution in [2.75, 3.05) is 14.2 Å². The van der Waals surface area contributed by atoms with E-state index < -0.39 is 4.92 Å². The van der Waals surface area contributed by atoms with Crippen LogP contribution in [0.2, 0.25) is 0 Å². The predicted octanol–water partition coefficient (Wildman–Crippen LogP) is 3.02. The van der Waals surface area contributed by atoms with Crippen molar-refractivity contribution in [2.45, 2.75) is 0 Å². The molecule has 0 saturated heterocycles. The van der Waals surface area contributed by atoms with Gasteiger partial charge in [0, 0.05) is 0 Å². The molecule has 8 nitrogen and oxygen atoms in total. The summed E-state index contributed by atoms with van der Waals surface area (Å²) in [5.74, 6) is 0.594. The lowest BCUT2D eigenvalue weighted by Gasteiger charge is -2.08. The standard InChI is InChI=1S/C18H15N3O5/c1-25-16-9-11(15(21(23)24)10-17(16)26-2)7-8-14-18(22)20-13-6-4-3-5-12(13)19-14/h3-10H,1-2H3,(H,20,22)/b8-7+. The molecule has 8 heteroatoms. The molecule has 0 fully saturated rings. The number of hydrogen-bond donors (Lipinski definition) is 1. The fourth-order valence-electron chi connectivity index (χ4n) is 2.50. The summed E-state index contributed by atoms with van der Waals surface area (Å²) in [7, 11) is 2.84. The summed E-state index contributed by atoms with van der Waals surface area (Å²) in [6.07, 6.45) is 2.88. The number of methoxy groups -OCH3 is 2. The minimum atomic E-state index is -0.528. The third kappa shape index (κ3) is 3.25. The molecule has 26 heavy (non-hydrogen) atoms. The van der Waals surface area contributed by atoms with Crippen LogP contribution in [0.5, 0.6) is 11.5 Å². The molecule has 1 aromatic heterocycles. The maximum Gasteiger partial charge on any atom is 0.280 e. The average molecular weight is 353 g/mol. The molecule has 3 rings (SSSR count). The number of aromatic nitrogens is 2. The minimum absolute atomic E-state index is 0.146. The van der Waals surface area contributed by atoms with Crippen molar-refractivity contribution in [1.82, 2.24) is 9.97 Å². The van der Waals surface area contributed by atoms with Gasteiger partial charge < -0.3 is 14.5 Å². The van der Waals surface area contributed by atoms with Crippen LogP contribution < -0.4 is 15.0 Å². The Labute approximate surface area is 147 Å². The van der Waals surface area contributed by atoms with E-state index in [-0.39, 0.29) is 28.3 Å². The highest BCUT2D eigenvalue weighted by molar-refractivity contribution is 5.78. The molecular formula is C18H15N3O5. The molecule has 0 unspecified atom stereocenters. The summed E-state index contributed by atoms with van der Waals surface area (Å²) in [5, 5.41) is 11.3. The van der Waals surface area contributed by atoms with E-state index in [2.05, 4.69) is 9.97 Å². The molecule has 0 spiro atoms. The number of fused-ring (bicyclic) bond motifs is 1. The molecule has 0 bridgehead atoms. The molecule has 0 amide bonds. The molecular weight excluding hydrogens is 338 g/mol. The minimum Gasteiger partial charge on any atom is -0.493 e. The second kappa shape index (κ2) is 7.06. The lowest BCUT2D eigenvalue weighted by Crippen LogP contribution is -2.11. The van der Waals surface area contributed by atoms with E-state index in [9.17, 15) is 14.9 Å². The van der Waals surface area contributed by atoms with Crippen molar-refractivity contribution in [3.63, 3.8) is 0 Å². The Bertz CT molecular complexity index is 1070. The number of nitro groups is 1. The molecule has 0 aliphatic heterocycles. The van der Waals surface area contributed by atoms with Gasteiger partial charge in [-0.1, -0.05) is 12.1 Å². The summed E-state index contributed by atoms with van der Waals surface area (Å²) in [6.45, 7) is 0. The summed E-state index contributed by atoms with van der Waals surface area (Å²) in [4.78, 5) is 30.0. The van der Waals surface area contributed by atoms with Gasteiger partial charge in [-0.3, -0.25) is 14.9 Å². The predicted molar refractivity (Wildman–Crippen MR) is 97.5 cm³/mol. The topological polar surface area (TPSA) is 107 Å². The van der Waals surface area contributed by atoms with Crippen molar-refractivity contribution >= 4 is 28.9 Å². The number of rotatable bonds is 5. The Morgan fingerprint density at radius 2 is 1.81 bits per heavy atom. The Morgan fingerprint density at radius 3 is 2.50 bits per heavy atom. The number of nitrogens with zero attached hydrogens (tertiary/aromatic N) is 2. The highest BCUT2D eigenvalue weighted by Crippen LogP contribution is 2.35. The summed E-state index contributed by atoms with van der Waals surface area (Å²) in [5.41, 5.74) is 1.09. The van der Waals surface area contributed by atoms with E-state index in [1.807, 2.05) is 0 Å². The third-order valence-electron chi connectivity index (χ3n) is 3.78. The maximum absolute atomic E-state index is 12.1. The third-order valence-corrected chi connectivity index (χ3v) is 3.78. The molecule has 0 radical (unpaired) electrons. The number of nitrogens with one attached hydrogen (secondary N) is 1. The highest BCUT2D eigenvalue weighted by atomic mass is 16.6. The number of ether oxygens (including phenoxy) is 2. The van der Waals surface area contributed by atoms with Crippen molar-refractivity contribution in [3.8, 4) is 11.5 Å². The van der Waals surface area contributed by atoms with E-state index >= 15 is 0 Å². The fourth-order valence-corrected chi connectivity index (χ4v) is 2.50. The van der Waals surface area contributed by atoms with Gasteiger partial charge in [0.1, 0.15) is 5.69 Å². The zero-order chi connectivity index (χ0) is 18.7. The molecule has 1 heterocycles. The van der Waals surface area contributed by atoms with Crippen LogP contribution in [0.15, 0.2) is 41.2 Å². The molecule has 0 aliphatic carbocycles. The average Bonchev–Trinajstić information content (AvgIpc) is 2.65. The van der Waals surface area contributed by atoms with E-state index in [0.717, 1.165) is 0 Å². The van der Waals surface area contributed by atoms with Crippen LogP contribution in [0.3, 0.4) is 0 Å². The Morgan fingerprint density at radius 1 is 1.12 bits per heavy atom. The fraction of sp³-hybridized carbons (Fsp3) is 0.111. The molecule has 2 aromatic carbocycles. The van der Waals surface area contributed by atoms with Gasteiger partial charge in [0.25, 0.3) is 11.2 Å². The van der Waals surface area contributed by atoms with Crippen LogP contribution in [0.4, 0.5) is 5.69 Å². The second-order valence-corrected chi connectivity index (χ2v) is 5.32. The number of para-hydroxylation sites is 2. The number of hydrogen-bond acceptors (Lipinski definition) is 6. The van der Waals surface area contributed by atoms with Gasteiger partial charge in [-0.25, -0.2) is 4.98 Å². The molecule has 0 aliphatic rings. The number of aromatic amines is 1. The lowest BCUT2D eigenvalue weighted by atomic mass is 10.1. The molecule has 132 valence electrons. The first-order valence-electron chi connectivity index (χ1n) is 7.61. The first-order chi connectivity index (χ1) is 12.5. The monoisotopic (exact) mass is 353 g/mol. The van der Waals surface area contributed by atoms with E-state index in [1.54, 1.807) is 24.3 Å². The van der Waals surface area contributed by atoms with Gasteiger partial charge in [0.15, 0.2) is 11.5 Å². The zero-order valence-electron chi connectivity index (χ0n) is 14.1. The quantitative estimate of drug-likeness (QED) is 0.558. The van der Waals surface area contributed by atoms with Gasteiger partial charge in [-0.05, 0) is 30.4 Å². The van der Waals surface area contributed by atoms with Crippen LogP contribution in [0.25, 0.3) is 23.2 Å². The Kier molecular flexibility index (Phi) is 4.66. The second-order valence-electron chi connectivity index (χ2n) is 5.32. The van der Waals surface area contributed by atoms with Crippen molar-refractivity contribution in [3.05, 3.63) is 68.1 Å². The smallest absolute Gasteiger partial charge is 0.280 e. The maximum atomic E-state index is 12.1. The first kappa shape index (κ1) is 17.2. The van der Waals surface area contributed by atoms with Crippen molar-refractivity contribution in [1.29, 1.82) is 0 Å². The van der Waals surface area contributed by atoms with Crippen LogP contribution in [-0.4, -0.2) is 29.1 Å². The number of benzene rings is 2. The number of nitro benzene ring substituents is 1. The SMILES string of the molecule is COc1cc(/C=C/c2nc3ccccc3[nH]c2=O)c([N+](=O)[O-])cc1OC. The van der Waals surface area contributed by atoms with Gasteiger partial charge in [-0.15, -0.1) is 0 Å². The lowest BCUT2D eigenvalue weighted by molar-refractivity contribution is -0.385. The van der Waals surface area contributed by atoms with E-state index in [0.29, 0.717) is 16.8 Å². The summed E-state index contributed by atoms with van der Waals surface area (Å²) in [6, 6.07) is 9.86. The van der Waals surface area contributed by atoms with Crippen LogP contribution in [-0.2, 0) is 0 Å². The molecule has 3 aromatic rings. The van der Waals surface area contributed by atoms with E-state index in [4.69, 9.17) is 9.47 Å². The van der Waals surface area contributed by atoms with E-state index in [1.165, 1.54) is 38.5 Å². The van der Waals surface area contributed by atoms with Crippen molar-refractivity contribution in [2.24, 2.45) is 0 Å². The van der Waals surface area contributed by atoms with Gasteiger partial charge in [-0.2, -0.15) is 0 Å². The highest BCUT2D eigenvalue weighted by Gasteiger charge is 2.18. The normalized spacial score (nSPS) is 11.0. The molecule has 1 N–H and O–H groups in total.